The van der Waals surface area contributed by atoms with Crippen LogP contribution in [-0.4, -0.2) is 46.7 Å². The van der Waals surface area contributed by atoms with E-state index < -0.39 is 0 Å². The molecule has 5 rings (SSSR count). The first kappa shape index (κ1) is 25.5. The fourth-order valence-electron chi connectivity index (χ4n) is 4.24. The van der Waals surface area contributed by atoms with Crippen molar-refractivity contribution in [3.63, 3.8) is 0 Å². The summed E-state index contributed by atoms with van der Waals surface area (Å²) in [6.07, 6.45) is 3.81. The van der Waals surface area contributed by atoms with Gasteiger partial charge in [-0.2, -0.15) is 0 Å². The number of nitrogens with one attached hydrogen (secondary N) is 1. The number of hydrogen-bond donors (Lipinski definition) is 1. The van der Waals surface area contributed by atoms with Crippen molar-refractivity contribution in [2.75, 3.05) is 25.6 Å². The molecule has 192 valence electrons. The summed E-state index contributed by atoms with van der Waals surface area (Å²) in [7, 11) is 1.61. The van der Waals surface area contributed by atoms with Gasteiger partial charge < -0.3 is 14.6 Å². The third-order valence-corrected chi connectivity index (χ3v) is 7.15. The van der Waals surface area contributed by atoms with E-state index >= 15 is 0 Å². The fourth-order valence-corrected chi connectivity index (χ4v) is 5.25. The first-order chi connectivity index (χ1) is 18.5. The number of carbonyl (C=O) groups is 2. The van der Waals surface area contributed by atoms with Crippen molar-refractivity contribution < 1.29 is 14.3 Å². The molecule has 1 aliphatic rings. The topological polar surface area (TPSA) is 75.9 Å². The molecule has 0 bridgehead atoms. The van der Waals surface area contributed by atoms with Gasteiger partial charge in [-0.05, 0) is 55.1 Å². The van der Waals surface area contributed by atoms with Crippen LogP contribution in [0.5, 0.6) is 0 Å². The van der Waals surface area contributed by atoms with E-state index in [1.54, 1.807) is 12.0 Å². The van der Waals surface area contributed by atoms with Gasteiger partial charge in [-0.1, -0.05) is 54.1 Å². The van der Waals surface area contributed by atoms with Gasteiger partial charge in [0, 0.05) is 35.5 Å². The monoisotopic (exact) mass is 524 g/mol. The molecule has 1 aromatic heterocycles. The quantitative estimate of drug-likeness (QED) is 0.294. The Hall–Kier alpha value is -4.14. The molecule has 3 aromatic carbocycles. The molecule has 1 aliphatic heterocycles. The number of aliphatic imine (C=N–C) groups is 1. The first-order valence-electron chi connectivity index (χ1n) is 12.3. The van der Waals surface area contributed by atoms with Crippen LogP contribution in [0.25, 0.3) is 17.0 Å². The average Bonchev–Trinajstić information content (AvgIpc) is 3.41. The number of nitrogens with zero attached hydrogens (tertiary/aromatic N) is 3. The van der Waals surface area contributed by atoms with Crippen LogP contribution in [0.15, 0.2) is 95.0 Å². The van der Waals surface area contributed by atoms with Gasteiger partial charge in [0.25, 0.3) is 5.91 Å². The minimum Gasteiger partial charge on any atom is -0.383 e. The lowest BCUT2D eigenvalue weighted by molar-refractivity contribution is -0.122. The molecule has 1 saturated heterocycles. The number of aryl methyl sites for hydroxylation is 1. The molecule has 0 spiro atoms. The third-order valence-electron chi connectivity index (χ3n) is 6.14. The maximum absolute atomic E-state index is 13.4. The third kappa shape index (κ3) is 5.72. The second-order valence-corrected chi connectivity index (χ2v) is 9.94. The van der Waals surface area contributed by atoms with Gasteiger partial charge in [0.1, 0.15) is 6.54 Å². The Labute approximate surface area is 225 Å². The number of amidine groups is 1. The molecule has 2 amide bonds. The maximum atomic E-state index is 13.4. The number of anilines is 1. The SMILES string of the molecule is COCCN1C(=O)/C(=C\c2cn(CC(=O)Nc3ccc(C)cc3)c3ccccc23)SC1=Nc1ccccc1. The number of amides is 2. The summed E-state index contributed by atoms with van der Waals surface area (Å²) < 4.78 is 7.15. The van der Waals surface area contributed by atoms with Gasteiger partial charge in [-0.15, -0.1) is 0 Å². The lowest BCUT2D eigenvalue weighted by Crippen LogP contribution is -2.32. The summed E-state index contributed by atoms with van der Waals surface area (Å²) in [5.74, 6) is -0.237. The van der Waals surface area contributed by atoms with Crippen molar-refractivity contribution in [3.05, 3.63) is 101 Å². The Kier molecular flexibility index (Phi) is 7.72. The summed E-state index contributed by atoms with van der Waals surface area (Å²) >= 11 is 1.34. The summed E-state index contributed by atoms with van der Waals surface area (Å²) in [4.78, 5) is 33.2. The Bertz CT molecular complexity index is 1520. The highest BCUT2D eigenvalue weighted by molar-refractivity contribution is 8.18. The van der Waals surface area contributed by atoms with E-state index in [-0.39, 0.29) is 18.4 Å². The molecular weight excluding hydrogens is 496 g/mol. The molecule has 7 nitrogen and oxygen atoms in total. The largest absolute Gasteiger partial charge is 0.383 e. The molecule has 0 radical (unpaired) electrons. The highest BCUT2D eigenvalue weighted by Crippen LogP contribution is 2.35. The molecule has 0 saturated carbocycles. The van der Waals surface area contributed by atoms with Gasteiger partial charge >= 0.3 is 0 Å². The van der Waals surface area contributed by atoms with Crippen LogP contribution >= 0.6 is 11.8 Å². The summed E-state index contributed by atoms with van der Waals surface area (Å²) in [5, 5.41) is 4.54. The van der Waals surface area contributed by atoms with Crippen LogP contribution in [0, 0.1) is 6.92 Å². The number of hydrogen-bond acceptors (Lipinski definition) is 5. The van der Waals surface area contributed by atoms with Crippen molar-refractivity contribution in [1.82, 2.24) is 9.47 Å². The zero-order chi connectivity index (χ0) is 26.5. The Morgan fingerprint density at radius 3 is 2.53 bits per heavy atom. The van der Waals surface area contributed by atoms with Gasteiger partial charge in [0.2, 0.25) is 5.91 Å². The molecule has 0 unspecified atom stereocenters. The number of benzene rings is 3. The standard InChI is InChI=1S/C30H28N4O3S/c1-21-12-14-24(15-13-21)31-28(35)20-33-19-22(25-10-6-7-11-26(25)33)18-27-29(36)34(16-17-37-2)30(38-27)32-23-8-4-3-5-9-23/h3-15,18-19H,16-17,20H2,1-2H3,(H,31,35)/b27-18+,32-30?. The predicted octanol–water partition coefficient (Wildman–Crippen LogP) is 5.84. The maximum Gasteiger partial charge on any atom is 0.266 e. The summed E-state index contributed by atoms with van der Waals surface area (Å²) in [5.41, 5.74) is 4.46. The molecule has 2 heterocycles. The zero-order valence-corrected chi connectivity index (χ0v) is 22.1. The summed E-state index contributed by atoms with van der Waals surface area (Å²) in [6.45, 7) is 2.97. The van der Waals surface area contributed by atoms with Gasteiger partial charge in [0.05, 0.1) is 23.7 Å². The van der Waals surface area contributed by atoms with Crippen LogP contribution in [0.4, 0.5) is 11.4 Å². The molecule has 1 N–H and O–H groups in total. The normalized spacial score (nSPS) is 15.6. The first-order valence-corrected chi connectivity index (χ1v) is 13.1. The number of methoxy groups -OCH3 is 1. The van der Waals surface area contributed by atoms with E-state index in [4.69, 9.17) is 9.73 Å². The van der Waals surface area contributed by atoms with Crippen LogP contribution in [0.1, 0.15) is 11.1 Å². The molecule has 0 atom stereocenters. The van der Waals surface area contributed by atoms with E-state index in [9.17, 15) is 9.59 Å². The van der Waals surface area contributed by atoms with Crippen LogP contribution in [-0.2, 0) is 20.9 Å². The van der Waals surface area contributed by atoms with Crippen LogP contribution in [0.3, 0.4) is 0 Å². The number of thioether (sulfide) groups is 1. The van der Waals surface area contributed by atoms with Crippen LogP contribution < -0.4 is 5.32 Å². The van der Waals surface area contributed by atoms with Crippen LogP contribution in [0.2, 0.25) is 0 Å². The highest BCUT2D eigenvalue weighted by atomic mass is 32.2. The van der Waals surface area contributed by atoms with Gasteiger partial charge in [-0.3, -0.25) is 14.5 Å². The summed E-state index contributed by atoms with van der Waals surface area (Å²) in [6, 6.07) is 25.2. The van der Waals surface area contributed by atoms with E-state index in [0.717, 1.165) is 33.4 Å². The van der Waals surface area contributed by atoms with E-state index in [2.05, 4.69) is 5.32 Å². The van der Waals surface area contributed by atoms with Crippen molar-refractivity contribution in [2.24, 2.45) is 4.99 Å². The predicted molar refractivity (Wildman–Crippen MR) is 154 cm³/mol. The van der Waals surface area contributed by atoms with E-state index in [1.807, 2.05) is 103 Å². The molecule has 0 aliphatic carbocycles. The number of aromatic nitrogens is 1. The van der Waals surface area contributed by atoms with Crippen molar-refractivity contribution in [2.45, 2.75) is 13.5 Å². The number of para-hydroxylation sites is 2. The van der Waals surface area contributed by atoms with Crippen molar-refractivity contribution in [3.8, 4) is 0 Å². The van der Waals surface area contributed by atoms with Gasteiger partial charge in [-0.25, -0.2) is 4.99 Å². The molecule has 4 aromatic rings. The molecule has 1 fully saturated rings. The van der Waals surface area contributed by atoms with Crippen molar-refractivity contribution >= 4 is 57.1 Å². The zero-order valence-electron chi connectivity index (χ0n) is 21.3. The average molecular weight is 525 g/mol. The Morgan fingerprint density at radius 2 is 1.76 bits per heavy atom. The van der Waals surface area contributed by atoms with Crippen molar-refractivity contribution in [1.29, 1.82) is 0 Å². The van der Waals surface area contributed by atoms with Gasteiger partial charge in [0.15, 0.2) is 5.17 Å². The second-order valence-electron chi connectivity index (χ2n) is 8.93. The lowest BCUT2D eigenvalue weighted by atomic mass is 10.1. The number of rotatable bonds is 8. The minimum atomic E-state index is -0.122. The highest BCUT2D eigenvalue weighted by Gasteiger charge is 2.33. The smallest absolute Gasteiger partial charge is 0.266 e. The van der Waals surface area contributed by atoms with E-state index in [0.29, 0.717) is 23.2 Å². The lowest BCUT2D eigenvalue weighted by Gasteiger charge is -2.14. The fraction of sp³-hybridized carbons (Fsp3) is 0.167. The van der Waals surface area contributed by atoms with E-state index in [1.165, 1.54) is 11.8 Å². The molecular formula is C30H28N4O3S. The number of ether oxygens (including phenoxy) is 1. The number of fused-ring (bicyclic) bond motifs is 1. The second kappa shape index (κ2) is 11.5. The Morgan fingerprint density at radius 1 is 1.03 bits per heavy atom. The Balaban J connectivity index is 1.44. The molecule has 8 heteroatoms. The minimum absolute atomic E-state index is 0.115. The molecule has 38 heavy (non-hydrogen) atoms. The number of carbonyl (C=O) groups excluding carboxylic acids is 2.